The lowest BCUT2D eigenvalue weighted by Gasteiger charge is -2.35. The average Bonchev–Trinajstić information content (AvgIpc) is 2.70. The van der Waals surface area contributed by atoms with E-state index in [1.54, 1.807) is 0 Å². The second-order valence-electron chi connectivity index (χ2n) is 5.63. The highest BCUT2D eigenvalue weighted by Crippen LogP contribution is 2.38. The Balaban J connectivity index is 1.92. The minimum atomic E-state index is -2.68. The predicted molar refractivity (Wildman–Crippen MR) is 74.5 cm³/mol. The molecule has 0 saturated heterocycles. The molecule has 6 heteroatoms. The number of thiophene rings is 1. The first kappa shape index (κ1) is 15.4. The van der Waals surface area contributed by atoms with E-state index in [9.17, 15) is 18.7 Å². The van der Waals surface area contributed by atoms with Crippen LogP contribution in [0.25, 0.3) is 0 Å². The van der Waals surface area contributed by atoms with Gasteiger partial charge in [-0.1, -0.05) is 0 Å². The van der Waals surface area contributed by atoms with Gasteiger partial charge < -0.3 is 10.4 Å². The van der Waals surface area contributed by atoms with Crippen LogP contribution in [0, 0.1) is 13.8 Å². The molecule has 1 saturated carbocycles. The summed E-state index contributed by atoms with van der Waals surface area (Å²) in [5, 5.41) is 12.9. The highest BCUT2D eigenvalue weighted by atomic mass is 32.1. The molecule has 1 aromatic rings. The number of nitrogens with one attached hydrogen (secondary N) is 1. The molecule has 1 aromatic heterocycles. The van der Waals surface area contributed by atoms with Gasteiger partial charge in [0.1, 0.15) is 0 Å². The molecule has 2 rings (SSSR count). The number of amides is 1. The molecule has 0 bridgehead atoms. The van der Waals surface area contributed by atoms with E-state index < -0.39 is 11.5 Å². The zero-order valence-corrected chi connectivity index (χ0v) is 12.4. The first-order valence-corrected chi connectivity index (χ1v) is 7.48. The summed E-state index contributed by atoms with van der Waals surface area (Å²) in [6.07, 6.45) is -0.613. The van der Waals surface area contributed by atoms with Crippen molar-refractivity contribution in [3.63, 3.8) is 0 Å². The second kappa shape index (κ2) is 5.41. The third-order valence-corrected chi connectivity index (χ3v) is 4.89. The van der Waals surface area contributed by atoms with E-state index in [-0.39, 0.29) is 38.1 Å². The maximum atomic E-state index is 13.1. The summed E-state index contributed by atoms with van der Waals surface area (Å²) in [7, 11) is 0. The number of aryl methyl sites for hydroxylation is 2. The van der Waals surface area contributed by atoms with E-state index in [1.165, 1.54) is 11.3 Å². The molecule has 0 atom stereocenters. The molecule has 2 N–H and O–H groups in total. The number of carbonyl (C=O) groups is 1. The van der Waals surface area contributed by atoms with Crippen molar-refractivity contribution in [1.82, 2.24) is 5.32 Å². The summed E-state index contributed by atoms with van der Waals surface area (Å²) < 4.78 is 26.1. The zero-order valence-electron chi connectivity index (χ0n) is 11.6. The van der Waals surface area contributed by atoms with E-state index in [2.05, 4.69) is 5.32 Å². The molecule has 0 radical (unpaired) electrons. The normalized spacial score (nSPS) is 20.6. The zero-order chi connectivity index (χ0) is 15.0. The molecule has 1 aliphatic rings. The minimum Gasteiger partial charge on any atom is -0.388 e. The molecular formula is C14H19F2NO2S. The minimum absolute atomic E-state index is 0.0166. The molecular weight excluding hydrogens is 284 g/mol. The van der Waals surface area contributed by atoms with Gasteiger partial charge in [0.15, 0.2) is 0 Å². The fourth-order valence-electron chi connectivity index (χ4n) is 2.45. The number of hydrogen-bond acceptors (Lipinski definition) is 3. The molecule has 112 valence electrons. The fraction of sp³-hybridized carbons (Fsp3) is 0.643. The van der Waals surface area contributed by atoms with Crippen molar-refractivity contribution in [1.29, 1.82) is 0 Å². The van der Waals surface area contributed by atoms with Gasteiger partial charge in [-0.15, -0.1) is 11.3 Å². The van der Waals surface area contributed by atoms with Crippen LogP contribution in [0.15, 0.2) is 6.07 Å². The van der Waals surface area contributed by atoms with Crippen LogP contribution in [0.5, 0.6) is 0 Å². The topological polar surface area (TPSA) is 49.3 Å². The van der Waals surface area contributed by atoms with Crippen LogP contribution in [0.2, 0.25) is 0 Å². The molecule has 0 aromatic carbocycles. The van der Waals surface area contributed by atoms with E-state index >= 15 is 0 Å². The molecule has 1 amide bonds. The third-order valence-electron chi connectivity index (χ3n) is 3.74. The van der Waals surface area contributed by atoms with E-state index in [1.807, 2.05) is 19.9 Å². The standard InChI is InChI=1S/C14H19F2NO2S/c1-9-7-10(2)20-11(9)12(18)17-8-13(19)3-5-14(15,16)6-4-13/h7,19H,3-6,8H2,1-2H3,(H,17,18). The van der Waals surface area contributed by atoms with Crippen molar-refractivity contribution in [2.45, 2.75) is 51.1 Å². The van der Waals surface area contributed by atoms with Gasteiger partial charge in [0, 0.05) is 24.3 Å². The van der Waals surface area contributed by atoms with E-state index in [0.717, 1.165) is 10.4 Å². The Morgan fingerprint density at radius 2 is 1.95 bits per heavy atom. The van der Waals surface area contributed by atoms with Crippen molar-refractivity contribution in [3.05, 3.63) is 21.4 Å². The van der Waals surface area contributed by atoms with Crippen molar-refractivity contribution in [2.24, 2.45) is 0 Å². The summed E-state index contributed by atoms with van der Waals surface area (Å²) in [4.78, 5) is 13.7. The van der Waals surface area contributed by atoms with Gasteiger partial charge in [0.05, 0.1) is 10.5 Å². The number of hydrogen-bond donors (Lipinski definition) is 2. The van der Waals surface area contributed by atoms with Crippen LogP contribution in [0.1, 0.15) is 45.8 Å². The van der Waals surface area contributed by atoms with Crippen molar-refractivity contribution < 1.29 is 18.7 Å². The largest absolute Gasteiger partial charge is 0.388 e. The smallest absolute Gasteiger partial charge is 0.261 e. The predicted octanol–water partition coefficient (Wildman–Crippen LogP) is 3.04. The number of rotatable bonds is 3. The maximum absolute atomic E-state index is 13.1. The van der Waals surface area contributed by atoms with Gasteiger partial charge in [0.25, 0.3) is 5.91 Å². The Labute approximate surface area is 121 Å². The van der Waals surface area contributed by atoms with Gasteiger partial charge in [0.2, 0.25) is 5.92 Å². The van der Waals surface area contributed by atoms with Crippen LogP contribution in [0.3, 0.4) is 0 Å². The average molecular weight is 303 g/mol. The number of halogens is 2. The van der Waals surface area contributed by atoms with Crippen LogP contribution < -0.4 is 5.32 Å². The van der Waals surface area contributed by atoms with Gasteiger partial charge in [-0.05, 0) is 38.3 Å². The second-order valence-corrected chi connectivity index (χ2v) is 6.89. The summed E-state index contributed by atoms with van der Waals surface area (Å²) in [6, 6.07) is 1.93. The molecule has 0 spiro atoms. The Morgan fingerprint density at radius 1 is 1.35 bits per heavy atom. The summed E-state index contributed by atoms with van der Waals surface area (Å²) in [5.41, 5.74) is -0.315. The Bertz CT molecular complexity index is 503. The number of aliphatic hydroxyl groups is 1. The highest BCUT2D eigenvalue weighted by molar-refractivity contribution is 7.14. The Hall–Kier alpha value is -1.01. The van der Waals surface area contributed by atoms with E-state index in [4.69, 9.17) is 0 Å². The van der Waals surface area contributed by atoms with Crippen LogP contribution in [-0.2, 0) is 0 Å². The van der Waals surface area contributed by atoms with Crippen molar-refractivity contribution >= 4 is 17.2 Å². The molecule has 0 unspecified atom stereocenters. The quantitative estimate of drug-likeness (QED) is 0.901. The first-order chi connectivity index (χ1) is 9.21. The monoisotopic (exact) mass is 303 g/mol. The summed E-state index contributed by atoms with van der Waals surface area (Å²) in [5.74, 6) is -2.93. The summed E-state index contributed by atoms with van der Waals surface area (Å²) in [6.45, 7) is 3.80. The molecule has 20 heavy (non-hydrogen) atoms. The molecule has 1 aliphatic carbocycles. The number of alkyl halides is 2. The lowest BCUT2D eigenvalue weighted by molar-refractivity contribution is -0.101. The first-order valence-electron chi connectivity index (χ1n) is 6.66. The molecule has 3 nitrogen and oxygen atoms in total. The van der Waals surface area contributed by atoms with Crippen LogP contribution in [0.4, 0.5) is 8.78 Å². The van der Waals surface area contributed by atoms with Gasteiger partial charge in [-0.2, -0.15) is 0 Å². The maximum Gasteiger partial charge on any atom is 0.261 e. The van der Waals surface area contributed by atoms with Crippen molar-refractivity contribution in [2.75, 3.05) is 6.54 Å². The van der Waals surface area contributed by atoms with Crippen LogP contribution in [-0.4, -0.2) is 29.1 Å². The van der Waals surface area contributed by atoms with Gasteiger partial charge in [-0.3, -0.25) is 4.79 Å². The number of carbonyl (C=O) groups excluding carboxylic acids is 1. The fourth-order valence-corrected chi connectivity index (χ4v) is 3.39. The van der Waals surface area contributed by atoms with E-state index in [0.29, 0.717) is 4.88 Å². The van der Waals surface area contributed by atoms with Gasteiger partial charge >= 0.3 is 0 Å². The molecule has 1 fully saturated rings. The lowest BCUT2D eigenvalue weighted by Crippen LogP contribution is -2.47. The Kier molecular flexibility index (Phi) is 4.16. The van der Waals surface area contributed by atoms with Gasteiger partial charge in [-0.25, -0.2) is 8.78 Å². The summed E-state index contributed by atoms with van der Waals surface area (Å²) >= 11 is 1.39. The molecule has 0 aliphatic heterocycles. The lowest BCUT2D eigenvalue weighted by atomic mass is 9.83. The SMILES string of the molecule is Cc1cc(C)c(C(=O)NCC2(O)CCC(F)(F)CC2)s1. The third kappa shape index (κ3) is 3.55. The highest BCUT2D eigenvalue weighted by Gasteiger charge is 2.42. The van der Waals surface area contributed by atoms with Crippen LogP contribution >= 0.6 is 11.3 Å². The Morgan fingerprint density at radius 3 is 2.45 bits per heavy atom. The molecule has 1 heterocycles. The van der Waals surface area contributed by atoms with Crippen molar-refractivity contribution in [3.8, 4) is 0 Å².